The zero-order chi connectivity index (χ0) is 21.5. The van der Waals surface area contributed by atoms with Crippen LogP contribution in [-0.2, 0) is 4.79 Å². The molecule has 0 spiro atoms. The normalized spacial score (nSPS) is 13.5. The van der Waals surface area contributed by atoms with Crippen molar-refractivity contribution >= 4 is 17.7 Å². The summed E-state index contributed by atoms with van der Waals surface area (Å²) in [7, 11) is 1.67. The number of rotatable bonds is 9. The Morgan fingerprint density at radius 3 is 2.45 bits per heavy atom. The fraction of sp³-hybridized carbons (Fsp3) is 0.375. The monoisotopic (exact) mass is 436 g/mol. The molecule has 0 unspecified atom stereocenters. The van der Waals surface area contributed by atoms with Gasteiger partial charge in [0.15, 0.2) is 11.0 Å². The van der Waals surface area contributed by atoms with E-state index in [4.69, 9.17) is 4.74 Å². The van der Waals surface area contributed by atoms with Crippen molar-refractivity contribution < 1.29 is 9.53 Å². The third-order valence-electron chi connectivity index (χ3n) is 5.47. The summed E-state index contributed by atoms with van der Waals surface area (Å²) in [6.45, 7) is 1.86. The lowest BCUT2D eigenvalue weighted by molar-refractivity contribution is -0.130. The second-order valence-electron chi connectivity index (χ2n) is 7.60. The van der Waals surface area contributed by atoms with Gasteiger partial charge in [-0.25, -0.2) is 0 Å². The van der Waals surface area contributed by atoms with Crippen LogP contribution in [0.15, 0.2) is 59.8 Å². The van der Waals surface area contributed by atoms with Crippen molar-refractivity contribution in [3.05, 3.63) is 54.6 Å². The van der Waals surface area contributed by atoms with Crippen LogP contribution in [0.25, 0.3) is 17.1 Å². The summed E-state index contributed by atoms with van der Waals surface area (Å²) in [5.74, 6) is 2.83. The average Bonchev–Trinajstić information content (AvgIpc) is 3.50. The smallest absolute Gasteiger partial charge is 0.222 e. The van der Waals surface area contributed by atoms with Gasteiger partial charge in [-0.2, -0.15) is 0 Å². The summed E-state index contributed by atoms with van der Waals surface area (Å²) in [5, 5.41) is 9.82. The van der Waals surface area contributed by atoms with Crippen LogP contribution in [0.3, 0.4) is 0 Å². The molecule has 162 valence electrons. The number of hydrogen-bond acceptors (Lipinski definition) is 5. The van der Waals surface area contributed by atoms with E-state index in [9.17, 15) is 4.79 Å². The maximum Gasteiger partial charge on any atom is 0.222 e. The van der Waals surface area contributed by atoms with Crippen LogP contribution in [0.5, 0.6) is 5.75 Å². The lowest BCUT2D eigenvalue weighted by Crippen LogP contribution is -2.27. The van der Waals surface area contributed by atoms with Gasteiger partial charge in [-0.1, -0.05) is 42.1 Å². The molecule has 1 aliphatic rings. The molecular weight excluding hydrogens is 408 g/mol. The van der Waals surface area contributed by atoms with E-state index in [0.29, 0.717) is 12.3 Å². The van der Waals surface area contributed by atoms with Crippen LogP contribution < -0.4 is 4.74 Å². The van der Waals surface area contributed by atoms with E-state index in [1.807, 2.05) is 59.5 Å². The van der Waals surface area contributed by atoms with Gasteiger partial charge in [0.25, 0.3) is 0 Å². The van der Waals surface area contributed by atoms with E-state index in [1.165, 1.54) is 0 Å². The van der Waals surface area contributed by atoms with Crippen LogP contribution >= 0.6 is 11.8 Å². The molecule has 31 heavy (non-hydrogen) atoms. The Balaban J connectivity index is 1.44. The van der Waals surface area contributed by atoms with E-state index in [2.05, 4.69) is 14.8 Å². The van der Waals surface area contributed by atoms with Crippen LogP contribution in [0.4, 0.5) is 0 Å². The number of carbonyl (C=O) groups excluding carboxylic acids is 1. The summed E-state index contributed by atoms with van der Waals surface area (Å²) in [4.78, 5) is 14.2. The third kappa shape index (κ3) is 5.28. The molecule has 0 aliphatic carbocycles. The van der Waals surface area contributed by atoms with E-state index in [0.717, 1.165) is 72.5 Å². The molecule has 0 saturated carbocycles. The Labute approximate surface area is 187 Å². The third-order valence-corrected chi connectivity index (χ3v) is 6.49. The van der Waals surface area contributed by atoms with E-state index in [-0.39, 0.29) is 0 Å². The fourth-order valence-electron chi connectivity index (χ4n) is 3.77. The predicted octanol–water partition coefficient (Wildman–Crippen LogP) is 4.83. The van der Waals surface area contributed by atoms with Gasteiger partial charge in [0.1, 0.15) is 5.75 Å². The minimum atomic E-state index is 0.301. The molecule has 1 aromatic heterocycles. The summed E-state index contributed by atoms with van der Waals surface area (Å²) < 4.78 is 7.39. The highest BCUT2D eigenvalue weighted by atomic mass is 32.2. The Morgan fingerprint density at radius 1 is 1.00 bits per heavy atom. The Morgan fingerprint density at radius 2 is 1.74 bits per heavy atom. The molecule has 1 saturated heterocycles. The number of methoxy groups -OCH3 is 1. The highest BCUT2D eigenvalue weighted by Gasteiger charge is 2.18. The van der Waals surface area contributed by atoms with E-state index < -0.39 is 0 Å². The van der Waals surface area contributed by atoms with Crippen LogP contribution in [0, 0.1) is 0 Å². The van der Waals surface area contributed by atoms with Crippen LogP contribution in [0.2, 0.25) is 0 Å². The SMILES string of the molecule is COc1ccc(-n2c(SCCCCC(=O)N3CCCC3)nnc2-c2ccccc2)cc1. The van der Waals surface area contributed by atoms with Crippen molar-refractivity contribution in [3.63, 3.8) is 0 Å². The van der Waals surface area contributed by atoms with Gasteiger partial charge < -0.3 is 9.64 Å². The lowest BCUT2D eigenvalue weighted by atomic mass is 10.2. The number of ether oxygens (including phenoxy) is 1. The predicted molar refractivity (Wildman–Crippen MR) is 124 cm³/mol. The summed E-state index contributed by atoms with van der Waals surface area (Å²) in [6, 6.07) is 18.0. The number of unbranched alkanes of at least 4 members (excludes halogenated alkanes) is 1. The highest BCUT2D eigenvalue weighted by molar-refractivity contribution is 7.99. The van der Waals surface area contributed by atoms with Gasteiger partial charge in [-0.15, -0.1) is 10.2 Å². The fourth-order valence-corrected chi connectivity index (χ4v) is 4.72. The molecule has 1 aliphatic heterocycles. The largest absolute Gasteiger partial charge is 0.497 e. The maximum atomic E-state index is 12.2. The van der Waals surface area contributed by atoms with Crippen LogP contribution in [0.1, 0.15) is 32.1 Å². The molecule has 0 radical (unpaired) electrons. The topological polar surface area (TPSA) is 60.2 Å². The first-order chi connectivity index (χ1) is 15.3. The van der Waals surface area contributed by atoms with Gasteiger partial charge in [0.2, 0.25) is 5.91 Å². The number of nitrogens with zero attached hydrogens (tertiary/aromatic N) is 4. The van der Waals surface area contributed by atoms with Gasteiger partial charge in [-0.05, 0) is 49.9 Å². The first kappa shape index (κ1) is 21.4. The van der Waals surface area contributed by atoms with Gasteiger partial charge in [-0.3, -0.25) is 9.36 Å². The van der Waals surface area contributed by atoms with Gasteiger partial charge >= 0.3 is 0 Å². The lowest BCUT2D eigenvalue weighted by Gasteiger charge is -2.14. The first-order valence-corrected chi connectivity index (χ1v) is 11.8. The molecule has 7 heteroatoms. The Hall–Kier alpha value is -2.80. The summed E-state index contributed by atoms with van der Waals surface area (Å²) in [5.41, 5.74) is 2.02. The number of benzene rings is 2. The van der Waals surface area contributed by atoms with Gasteiger partial charge in [0, 0.05) is 36.5 Å². The second kappa shape index (κ2) is 10.5. The quantitative estimate of drug-likeness (QED) is 0.355. The average molecular weight is 437 g/mol. The van der Waals surface area contributed by atoms with Crippen molar-refractivity contribution in [1.82, 2.24) is 19.7 Å². The van der Waals surface area contributed by atoms with Crippen molar-refractivity contribution in [1.29, 1.82) is 0 Å². The molecule has 0 bridgehead atoms. The van der Waals surface area contributed by atoms with Crippen molar-refractivity contribution in [2.24, 2.45) is 0 Å². The second-order valence-corrected chi connectivity index (χ2v) is 8.66. The number of likely N-dealkylation sites (tertiary alicyclic amines) is 1. The number of amides is 1. The first-order valence-electron chi connectivity index (χ1n) is 10.8. The summed E-state index contributed by atoms with van der Waals surface area (Å²) in [6.07, 6.45) is 4.81. The molecule has 2 aromatic carbocycles. The molecular formula is C24H28N4O2S. The highest BCUT2D eigenvalue weighted by Crippen LogP contribution is 2.29. The molecule has 1 amide bonds. The minimum Gasteiger partial charge on any atom is -0.497 e. The number of thioether (sulfide) groups is 1. The Bertz CT molecular complexity index is 983. The molecule has 6 nitrogen and oxygen atoms in total. The van der Waals surface area contributed by atoms with Crippen LogP contribution in [-0.4, -0.2) is 51.5 Å². The number of aromatic nitrogens is 3. The zero-order valence-electron chi connectivity index (χ0n) is 17.9. The maximum absolute atomic E-state index is 12.2. The van der Waals surface area contributed by atoms with Gasteiger partial charge in [0.05, 0.1) is 7.11 Å². The van der Waals surface area contributed by atoms with E-state index in [1.54, 1.807) is 18.9 Å². The molecule has 4 rings (SSSR count). The summed E-state index contributed by atoms with van der Waals surface area (Å²) >= 11 is 1.68. The minimum absolute atomic E-state index is 0.301. The zero-order valence-corrected chi connectivity index (χ0v) is 18.7. The van der Waals surface area contributed by atoms with Crippen molar-refractivity contribution in [2.45, 2.75) is 37.3 Å². The molecule has 1 fully saturated rings. The molecule has 2 heterocycles. The van der Waals surface area contributed by atoms with Crippen molar-refractivity contribution in [3.8, 4) is 22.8 Å². The standard InChI is InChI=1S/C24H28N4O2S/c1-30-21-14-12-20(13-15-21)28-23(19-9-3-2-4-10-19)25-26-24(28)31-18-8-5-11-22(29)27-16-6-7-17-27/h2-4,9-10,12-15H,5-8,11,16-18H2,1H3. The number of hydrogen-bond donors (Lipinski definition) is 0. The Kier molecular flexibility index (Phi) is 7.25. The number of carbonyl (C=O) groups is 1. The molecule has 0 atom stereocenters. The van der Waals surface area contributed by atoms with E-state index >= 15 is 0 Å². The molecule has 0 N–H and O–H groups in total. The van der Waals surface area contributed by atoms with Crippen molar-refractivity contribution in [2.75, 3.05) is 26.0 Å². The molecule has 3 aromatic rings.